The summed E-state index contributed by atoms with van der Waals surface area (Å²) >= 11 is 0. The standard InChI is InChI=1S/C14H23NO3S/c1-3-10-19(16,17)11-9-18-13-7-5-12(6-8-13)14(15)4-2/h5-8,14H,3-4,9-11,15H2,1-2H3/t14-/m0/s1. The Morgan fingerprint density at radius 3 is 2.32 bits per heavy atom. The van der Waals surface area contributed by atoms with E-state index < -0.39 is 9.84 Å². The Hall–Kier alpha value is -1.07. The molecule has 0 aliphatic heterocycles. The summed E-state index contributed by atoms with van der Waals surface area (Å²) < 4.78 is 28.4. The van der Waals surface area contributed by atoms with Crippen LogP contribution in [0.15, 0.2) is 24.3 Å². The van der Waals surface area contributed by atoms with Gasteiger partial charge in [0.2, 0.25) is 0 Å². The maximum atomic E-state index is 11.5. The lowest BCUT2D eigenvalue weighted by molar-refractivity contribution is 0.340. The Morgan fingerprint density at radius 1 is 1.16 bits per heavy atom. The predicted octanol–water partition coefficient (Wildman–Crippen LogP) is 2.30. The second kappa shape index (κ2) is 7.50. The summed E-state index contributed by atoms with van der Waals surface area (Å²) in [7, 11) is -2.97. The van der Waals surface area contributed by atoms with Gasteiger partial charge >= 0.3 is 0 Å². The third-order valence-electron chi connectivity index (χ3n) is 2.93. The van der Waals surface area contributed by atoms with Crippen LogP contribution in [0.2, 0.25) is 0 Å². The van der Waals surface area contributed by atoms with E-state index in [0.717, 1.165) is 12.0 Å². The number of sulfone groups is 1. The molecule has 2 N–H and O–H groups in total. The Kier molecular flexibility index (Phi) is 6.31. The van der Waals surface area contributed by atoms with Crippen LogP contribution in [0.3, 0.4) is 0 Å². The molecule has 1 atom stereocenters. The summed E-state index contributed by atoms with van der Waals surface area (Å²) in [5, 5.41) is 0. The first kappa shape index (κ1) is 16.0. The van der Waals surface area contributed by atoms with Gasteiger partial charge < -0.3 is 10.5 Å². The molecule has 0 fully saturated rings. The molecule has 0 aliphatic carbocycles. The van der Waals surface area contributed by atoms with E-state index in [2.05, 4.69) is 0 Å². The number of hydrogen-bond donors (Lipinski definition) is 1. The molecule has 0 saturated heterocycles. The molecule has 19 heavy (non-hydrogen) atoms. The highest BCUT2D eigenvalue weighted by Gasteiger charge is 2.09. The maximum absolute atomic E-state index is 11.5. The van der Waals surface area contributed by atoms with Gasteiger partial charge in [-0.1, -0.05) is 26.0 Å². The largest absolute Gasteiger partial charge is 0.493 e. The van der Waals surface area contributed by atoms with Crippen LogP contribution < -0.4 is 10.5 Å². The van der Waals surface area contributed by atoms with Gasteiger partial charge in [-0.25, -0.2) is 8.42 Å². The third-order valence-corrected chi connectivity index (χ3v) is 4.75. The zero-order valence-corrected chi connectivity index (χ0v) is 12.4. The highest BCUT2D eigenvalue weighted by molar-refractivity contribution is 7.91. The molecule has 1 rings (SSSR count). The normalized spacial score (nSPS) is 13.2. The molecule has 1 aromatic rings. The molecule has 0 heterocycles. The monoisotopic (exact) mass is 285 g/mol. The van der Waals surface area contributed by atoms with E-state index in [1.165, 1.54) is 0 Å². The lowest BCUT2D eigenvalue weighted by atomic mass is 10.1. The van der Waals surface area contributed by atoms with Crippen molar-refractivity contribution in [3.63, 3.8) is 0 Å². The number of rotatable bonds is 8. The van der Waals surface area contributed by atoms with Gasteiger partial charge in [0.1, 0.15) is 12.4 Å². The van der Waals surface area contributed by atoms with Crippen LogP contribution in [0.25, 0.3) is 0 Å². The lowest BCUT2D eigenvalue weighted by Crippen LogP contribution is -2.16. The summed E-state index contributed by atoms with van der Waals surface area (Å²) in [6.45, 7) is 4.09. The minimum Gasteiger partial charge on any atom is -0.493 e. The smallest absolute Gasteiger partial charge is 0.153 e. The van der Waals surface area contributed by atoms with Crippen molar-refractivity contribution in [1.82, 2.24) is 0 Å². The molecule has 0 aromatic heterocycles. The molecule has 5 heteroatoms. The van der Waals surface area contributed by atoms with E-state index in [4.69, 9.17) is 10.5 Å². The van der Waals surface area contributed by atoms with Crippen LogP contribution >= 0.6 is 0 Å². The van der Waals surface area contributed by atoms with E-state index >= 15 is 0 Å². The molecule has 1 aromatic carbocycles. The van der Waals surface area contributed by atoms with E-state index in [9.17, 15) is 8.42 Å². The quantitative estimate of drug-likeness (QED) is 0.795. The van der Waals surface area contributed by atoms with Crippen LogP contribution in [-0.4, -0.2) is 26.5 Å². The first-order valence-corrected chi connectivity index (χ1v) is 8.49. The number of nitrogens with two attached hydrogens (primary N) is 1. The van der Waals surface area contributed by atoms with Gasteiger partial charge in [0.15, 0.2) is 9.84 Å². The predicted molar refractivity (Wildman–Crippen MR) is 78.1 cm³/mol. The fourth-order valence-electron chi connectivity index (χ4n) is 1.75. The van der Waals surface area contributed by atoms with Crippen molar-refractivity contribution < 1.29 is 13.2 Å². The molecule has 108 valence electrons. The van der Waals surface area contributed by atoms with Gasteiger partial charge in [-0.05, 0) is 30.5 Å². The minimum atomic E-state index is -2.97. The van der Waals surface area contributed by atoms with E-state index in [-0.39, 0.29) is 24.2 Å². The van der Waals surface area contributed by atoms with Crippen LogP contribution in [0.4, 0.5) is 0 Å². The molecule has 0 aliphatic rings. The molecule has 0 saturated carbocycles. The van der Waals surface area contributed by atoms with Crippen molar-refractivity contribution in [3.05, 3.63) is 29.8 Å². The molecule has 4 nitrogen and oxygen atoms in total. The molecule has 0 unspecified atom stereocenters. The lowest BCUT2D eigenvalue weighted by Gasteiger charge is -2.11. The third kappa shape index (κ3) is 5.61. The Bertz CT molecular complexity index is 468. The molecule has 0 amide bonds. The van der Waals surface area contributed by atoms with Crippen LogP contribution in [0.1, 0.15) is 38.3 Å². The van der Waals surface area contributed by atoms with Gasteiger partial charge in [0, 0.05) is 6.04 Å². The van der Waals surface area contributed by atoms with Crippen molar-refractivity contribution in [2.75, 3.05) is 18.1 Å². The maximum Gasteiger partial charge on any atom is 0.153 e. The average Bonchev–Trinajstić information content (AvgIpc) is 2.38. The Morgan fingerprint density at radius 2 is 1.79 bits per heavy atom. The average molecular weight is 285 g/mol. The van der Waals surface area contributed by atoms with Crippen LogP contribution in [-0.2, 0) is 9.84 Å². The highest BCUT2D eigenvalue weighted by atomic mass is 32.2. The topological polar surface area (TPSA) is 69.4 Å². The molecule has 0 spiro atoms. The fourth-order valence-corrected chi connectivity index (χ4v) is 2.91. The van der Waals surface area contributed by atoms with Gasteiger partial charge in [-0.3, -0.25) is 0 Å². The Balaban J connectivity index is 2.46. The van der Waals surface area contributed by atoms with Gasteiger partial charge in [-0.2, -0.15) is 0 Å². The van der Waals surface area contributed by atoms with Gasteiger partial charge in [-0.15, -0.1) is 0 Å². The molecule has 0 bridgehead atoms. The number of hydrogen-bond acceptors (Lipinski definition) is 4. The summed E-state index contributed by atoms with van der Waals surface area (Å²) in [4.78, 5) is 0. The van der Waals surface area contributed by atoms with Crippen molar-refractivity contribution in [2.45, 2.75) is 32.7 Å². The zero-order chi connectivity index (χ0) is 14.3. The number of ether oxygens (including phenoxy) is 1. The highest BCUT2D eigenvalue weighted by Crippen LogP contribution is 2.18. The number of benzene rings is 1. The molecular formula is C14H23NO3S. The second-order valence-corrected chi connectivity index (χ2v) is 6.89. The second-order valence-electron chi connectivity index (χ2n) is 4.58. The van der Waals surface area contributed by atoms with E-state index in [1.807, 2.05) is 38.1 Å². The van der Waals surface area contributed by atoms with Crippen LogP contribution in [0, 0.1) is 0 Å². The van der Waals surface area contributed by atoms with E-state index in [1.54, 1.807) is 0 Å². The first-order valence-electron chi connectivity index (χ1n) is 6.67. The van der Waals surface area contributed by atoms with Crippen molar-refractivity contribution in [3.8, 4) is 5.75 Å². The van der Waals surface area contributed by atoms with Gasteiger partial charge in [0.25, 0.3) is 0 Å². The summed E-state index contributed by atoms with van der Waals surface area (Å²) in [5.74, 6) is 0.969. The van der Waals surface area contributed by atoms with Crippen molar-refractivity contribution >= 4 is 9.84 Å². The molecular weight excluding hydrogens is 262 g/mol. The van der Waals surface area contributed by atoms with Crippen molar-refractivity contribution in [2.24, 2.45) is 5.73 Å². The Labute approximate surface area is 115 Å². The first-order chi connectivity index (χ1) is 8.98. The van der Waals surface area contributed by atoms with Crippen LogP contribution in [0.5, 0.6) is 5.75 Å². The van der Waals surface area contributed by atoms with E-state index in [0.29, 0.717) is 12.2 Å². The summed E-state index contributed by atoms with van der Waals surface area (Å²) in [6.07, 6.45) is 1.53. The SMILES string of the molecule is CCCS(=O)(=O)CCOc1ccc([C@@H](N)CC)cc1. The minimum absolute atomic E-state index is 0.0407. The van der Waals surface area contributed by atoms with Crippen molar-refractivity contribution in [1.29, 1.82) is 0 Å². The molecule has 0 radical (unpaired) electrons. The van der Waals surface area contributed by atoms with Gasteiger partial charge in [0.05, 0.1) is 11.5 Å². The fraction of sp³-hybridized carbons (Fsp3) is 0.571. The summed E-state index contributed by atoms with van der Waals surface area (Å²) in [6, 6.07) is 7.54. The summed E-state index contributed by atoms with van der Waals surface area (Å²) in [5.41, 5.74) is 6.98. The zero-order valence-electron chi connectivity index (χ0n) is 11.6.